The molecule has 0 spiro atoms. The molecule has 1 aliphatic rings. The van der Waals surface area contributed by atoms with E-state index in [4.69, 9.17) is 0 Å². The zero-order valence-electron chi connectivity index (χ0n) is 13.9. The van der Waals surface area contributed by atoms with Crippen LogP contribution in [0.1, 0.15) is 39.8 Å². The van der Waals surface area contributed by atoms with Gasteiger partial charge in [0.2, 0.25) is 0 Å². The molecule has 5 nitrogen and oxygen atoms in total. The lowest BCUT2D eigenvalue weighted by Crippen LogP contribution is -2.37. The number of carbonyl (C=O) groups excluding carboxylic acids is 1. The van der Waals surface area contributed by atoms with E-state index in [2.05, 4.69) is 33.0 Å². The number of aliphatic imine (C=N–C) groups is 1. The molecule has 0 saturated heterocycles. The lowest BCUT2D eigenvalue weighted by Gasteiger charge is -2.18. The van der Waals surface area contributed by atoms with Crippen molar-refractivity contribution in [2.45, 2.75) is 27.3 Å². The number of nitrogens with one attached hydrogen (secondary N) is 3. The fraction of sp³-hybridized carbons (Fsp3) is 0.222. The van der Waals surface area contributed by atoms with Crippen LogP contribution in [0.15, 0.2) is 40.7 Å². The second kappa shape index (κ2) is 6.97. The maximum absolute atomic E-state index is 11.8. The summed E-state index contributed by atoms with van der Waals surface area (Å²) < 4.78 is 0. The maximum atomic E-state index is 11.8. The maximum Gasteiger partial charge on any atom is 0.180 e. The van der Waals surface area contributed by atoms with E-state index in [1.165, 1.54) is 17.3 Å². The van der Waals surface area contributed by atoms with Crippen molar-refractivity contribution in [1.29, 1.82) is 0 Å². The number of aryl methyl sites for hydroxylation is 1. The number of H-pyrrole nitrogens is 1. The van der Waals surface area contributed by atoms with Gasteiger partial charge in [0.1, 0.15) is 0 Å². The standard InChI is InChI=1S/C18H20N4OS/c1-11-16(13(3)23)12(2)20-17(11)15-10-24-18(22-21-15)19-9-14-7-5-4-6-8-14/h4-8,10,20-21H,9H2,1-3H3,(H,19,22). The van der Waals surface area contributed by atoms with Gasteiger partial charge in [-0.2, -0.15) is 0 Å². The lowest BCUT2D eigenvalue weighted by atomic mass is 10.1. The van der Waals surface area contributed by atoms with Gasteiger partial charge in [0, 0.05) is 16.7 Å². The minimum Gasteiger partial charge on any atom is -0.357 e. The first-order valence-electron chi connectivity index (χ1n) is 7.74. The molecule has 2 heterocycles. The van der Waals surface area contributed by atoms with E-state index < -0.39 is 0 Å². The van der Waals surface area contributed by atoms with Crippen molar-refractivity contribution in [3.63, 3.8) is 0 Å². The molecule has 0 saturated carbocycles. The van der Waals surface area contributed by atoms with Crippen LogP contribution in [0.5, 0.6) is 0 Å². The highest BCUT2D eigenvalue weighted by molar-refractivity contribution is 8.16. The lowest BCUT2D eigenvalue weighted by molar-refractivity contribution is 0.101. The molecule has 6 heteroatoms. The Morgan fingerprint density at radius 2 is 1.92 bits per heavy atom. The molecule has 0 atom stereocenters. The molecule has 0 radical (unpaired) electrons. The SMILES string of the molecule is CC(=O)c1c(C)[nH]c(C2=CSC(=NCc3ccccc3)NN2)c1C. The first-order valence-corrected chi connectivity index (χ1v) is 8.62. The van der Waals surface area contributed by atoms with Crippen molar-refractivity contribution in [3.05, 3.63) is 63.8 Å². The molecule has 1 aromatic heterocycles. The molecule has 0 bridgehead atoms. The first kappa shape index (κ1) is 16.4. The van der Waals surface area contributed by atoms with Crippen LogP contribution in [0, 0.1) is 13.8 Å². The molecule has 0 fully saturated rings. The third-order valence-corrected chi connectivity index (χ3v) is 4.71. The van der Waals surface area contributed by atoms with Gasteiger partial charge in [0.25, 0.3) is 0 Å². The van der Waals surface area contributed by atoms with E-state index in [1.54, 1.807) is 6.92 Å². The van der Waals surface area contributed by atoms with Crippen LogP contribution in [-0.4, -0.2) is 15.9 Å². The molecular weight excluding hydrogens is 320 g/mol. The van der Waals surface area contributed by atoms with Crippen LogP contribution in [0.3, 0.4) is 0 Å². The Labute approximate surface area is 145 Å². The summed E-state index contributed by atoms with van der Waals surface area (Å²) in [4.78, 5) is 19.6. The van der Waals surface area contributed by atoms with Gasteiger partial charge in [0.15, 0.2) is 11.0 Å². The summed E-state index contributed by atoms with van der Waals surface area (Å²) in [5.74, 6) is 0.0784. The minimum absolute atomic E-state index is 0.0784. The molecule has 2 aromatic rings. The second-order valence-corrected chi connectivity index (χ2v) is 6.55. The van der Waals surface area contributed by atoms with Crippen molar-refractivity contribution >= 4 is 28.4 Å². The zero-order chi connectivity index (χ0) is 17.1. The van der Waals surface area contributed by atoms with Gasteiger partial charge in [-0.15, -0.1) is 0 Å². The third kappa shape index (κ3) is 3.38. The van der Waals surface area contributed by atoms with Gasteiger partial charge in [-0.1, -0.05) is 42.1 Å². The number of amidine groups is 1. The Bertz CT molecular complexity index is 821. The number of thioether (sulfide) groups is 1. The molecule has 0 aliphatic carbocycles. The summed E-state index contributed by atoms with van der Waals surface area (Å²) >= 11 is 1.53. The fourth-order valence-electron chi connectivity index (χ4n) is 2.79. The fourth-order valence-corrected chi connectivity index (χ4v) is 3.44. The highest BCUT2D eigenvalue weighted by atomic mass is 32.2. The number of rotatable bonds is 4. The predicted octanol–water partition coefficient (Wildman–Crippen LogP) is 3.53. The summed E-state index contributed by atoms with van der Waals surface area (Å²) in [5.41, 5.74) is 11.9. The molecule has 24 heavy (non-hydrogen) atoms. The number of hydrogen-bond donors (Lipinski definition) is 3. The molecule has 1 aromatic carbocycles. The molecular formula is C18H20N4OS. The van der Waals surface area contributed by atoms with E-state index in [-0.39, 0.29) is 5.78 Å². The van der Waals surface area contributed by atoms with Crippen LogP contribution in [0.4, 0.5) is 0 Å². The van der Waals surface area contributed by atoms with E-state index in [0.29, 0.717) is 6.54 Å². The van der Waals surface area contributed by atoms with E-state index >= 15 is 0 Å². The van der Waals surface area contributed by atoms with Crippen molar-refractivity contribution in [2.24, 2.45) is 4.99 Å². The van der Waals surface area contributed by atoms with Gasteiger partial charge < -0.3 is 4.98 Å². The second-order valence-electron chi connectivity index (χ2n) is 5.69. The predicted molar refractivity (Wildman–Crippen MR) is 99.7 cm³/mol. The van der Waals surface area contributed by atoms with Crippen LogP contribution < -0.4 is 10.9 Å². The number of aromatic nitrogens is 1. The molecule has 3 rings (SSSR count). The molecule has 1 aliphatic heterocycles. The quantitative estimate of drug-likeness (QED) is 0.745. The Morgan fingerprint density at radius 3 is 2.50 bits per heavy atom. The number of Topliss-reactive ketones (excluding diaryl/α,β-unsaturated/α-hetero) is 1. The van der Waals surface area contributed by atoms with E-state index in [1.807, 2.05) is 37.5 Å². The van der Waals surface area contributed by atoms with Crippen molar-refractivity contribution in [1.82, 2.24) is 15.8 Å². The van der Waals surface area contributed by atoms with Crippen LogP contribution in [-0.2, 0) is 6.54 Å². The minimum atomic E-state index is 0.0784. The van der Waals surface area contributed by atoms with Crippen molar-refractivity contribution < 1.29 is 4.79 Å². The number of ketones is 1. The number of nitrogens with zero attached hydrogens (tertiary/aromatic N) is 1. The normalized spacial score (nSPS) is 15.6. The Balaban J connectivity index is 1.74. The molecule has 3 N–H and O–H groups in total. The largest absolute Gasteiger partial charge is 0.357 e. The summed E-state index contributed by atoms with van der Waals surface area (Å²) in [6.45, 7) is 6.11. The Morgan fingerprint density at radius 1 is 1.17 bits per heavy atom. The van der Waals surface area contributed by atoms with Gasteiger partial charge in [-0.3, -0.25) is 20.6 Å². The zero-order valence-corrected chi connectivity index (χ0v) is 14.8. The number of carbonyl (C=O) groups is 1. The first-order chi connectivity index (χ1) is 11.6. The highest BCUT2D eigenvalue weighted by Crippen LogP contribution is 2.26. The topological polar surface area (TPSA) is 69.3 Å². The number of benzene rings is 1. The number of hydrogen-bond acceptors (Lipinski definition) is 4. The van der Waals surface area contributed by atoms with Crippen molar-refractivity contribution in [3.8, 4) is 0 Å². The van der Waals surface area contributed by atoms with Gasteiger partial charge in [-0.25, -0.2) is 0 Å². The van der Waals surface area contributed by atoms with Crippen LogP contribution in [0.2, 0.25) is 0 Å². The highest BCUT2D eigenvalue weighted by Gasteiger charge is 2.19. The van der Waals surface area contributed by atoms with Gasteiger partial charge >= 0.3 is 0 Å². The monoisotopic (exact) mass is 340 g/mol. The smallest absolute Gasteiger partial charge is 0.180 e. The summed E-state index contributed by atoms with van der Waals surface area (Å²) in [6, 6.07) is 10.1. The molecule has 0 unspecified atom stereocenters. The van der Waals surface area contributed by atoms with E-state index in [0.717, 1.165) is 33.4 Å². The average Bonchev–Trinajstić information content (AvgIpc) is 2.89. The average molecular weight is 340 g/mol. The number of hydrazine groups is 1. The Hall–Kier alpha value is -2.47. The molecule has 124 valence electrons. The Kier molecular flexibility index (Phi) is 4.76. The third-order valence-electron chi connectivity index (χ3n) is 3.90. The van der Waals surface area contributed by atoms with E-state index in [9.17, 15) is 4.79 Å². The molecule has 0 amide bonds. The summed E-state index contributed by atoms with van der Waals surface area (Å²) in [6.07, 6.45) is 0. The van der Waals surface area contributed by atoms with Crippen molar-refractivity contribution in [2.75, 3.05) is 0 Å². The van der Waals surface area contributed by atoms with Gasteiger partial charge in [0.05, 0.1) is 17.9 Å². The number of aromatic amines is 1. The van der Waals surface area contributed by atoms with Gasteiger partial charge in [-0.05, 0) is 31.9 Å². The summed E-state index contributed by atoms with van der Waals surface area (Å²) in [7, 11) is 0. The van der Waals surface area contributed by atoms with Crippen LogP contribution >= 0.6 is 11.8 Å². The van der Waals surface area contributed by atoms with Crippen LogP contribution in [0.25, 0.3) is 5.70 Å². The summed E-state index contributed by atoms with van der Waals surface area (Å²) in [5, 5.41) is 2.82.